The van der Waals surface area contributed by atoms with E-state index in [1.165, 1.54) is 25.7 Å². The minimum atomic E-state index is -0.0866. The monoisotopic (exact) mass is 290 g/mol. The van der Waals surface area contributed by atoms with Crippen molar-refractivity contribution in [2.75, 3.05) is 0 Å². The van der Waals surface area contributed by atoms with Crippen LogP contribution in [0.15, 0.2) is 0 Å². The third kappa shape index (κ3) is 1.93. The first-order valence-corrected chi connectivity index (χ1v) is 9.27. The molecule has 4 aliphatic carbocycles. The van der Waals surface area contributed by atoms with E-state index >= 15 is 0 Å². The normalized spacial score (nSPS) is 54.3. The molecule has 0 aliphatic heterocycles. The number of carbonyl (C=O) groups is 1. The standard InChI is InChI=1S/C19H30O2/c1-4-19(10-13-5-6-15(19)7-13)21-18(20)17-9-14-8-16(17)12(3)11(14)2/h11-17H,4-10H2,1-3H3/t11?,12?,13-,14?,15+,16?,17?,19+/m0/s1. The Kier molecular flexibility index (Phi) is 3.17. The second-order valence-corrected chi connectivity index (χ2v) is 8.64. The highest BCUT2D eigenvalue weighted by molar-refractivity contribution is 5.74. The first-order valence-electron chi connectivity index (χ1n) is 9.27. The molecule has 0 amide bonds. The second kappa shape index (κ2) is 4.73. The van der Waals surface area contributed by atoms with Crippen LogP contribution in [0.3, 0.4) is 0 Å². The van der Waals surface area contributed by atoms with Crippen LogP contribution in [0.25, 0.3) is 0 Å². The van der Waals surface area contributed by atoms with Crippen LogP contribution >= 0.6 is 0 Å². The minimum Gasteiger partial charge on any atom is -0.459 e. The summed E-state index contributed by atoms with van der Waals surface area (Å²) >= 11 is 0. The summed E-state index contributed by atoms with van der Waals surface area (Å²) in [4.78, 5) is 12.9. The summed E-state index contributed by atoms with van der Waals surface area (Å²) in [6.07, 6.45) is 8.50. The zero-order valence-electron chi connectivity index (χ0n) is 13.8. The molecule has 0 aromatic rings. The Bertz CT molecular complexity index is 443. The lowest BCUT2D eigenvalue weighted by atomic mass is 9.75. The van der Waals surface area contributed by atoms with Gasteiger partial charge in [-0.3, -0.25) is 4.79 Å². The molecule has 2 nitrogen and oxygen atoms in total. The summed E-state index contributed by atoms with van der Waals surface area (Å²) in [6, 6.07) is 0. The average Bonchev–Trinajstić information content (AvgIpc) is 3.21. The molecule has 5 unspecified atom stereocenters. The Morgan fingerprint density at radius 3 is 2.48 bits per heavy atom. The van der Waals surface area contributed by atoms with Crippen molar-refractivity contribution < 1.29 is 9.53 Å². The molecule has 4 aliphatic rings. The number of fused-ring (bicyclic) bond motifs is 4. The molecule has 4 fully saturated rings. The highest BCUT2D eigenvalue weighted by Crippen LogP contribution is 2.57. The first-order chi connectivity index (χ1) is 10.0. The van der Waals surface area contributed by atoms with Crippen molar-refractivity contribution in [1.29, 1.82) is 0 Å². The van der Waals surface area contributed by atoms with Crippen LogP contribution in [0.5, 0.6) is 0 Å². The van der Waals surface area contributed by atoms with E-state index in [1.54, 1.807) is 0 Å². The number of rotatable bonds is 3. The van der Waals surface area contributed by atoms with Crippen molar-refractivity contribution in [2.24, 2.45) is 41.4 Å². The number of ether oxygens (including phenoxy) is 1. The summed E-state index contributed by atoms with van der Waals surface area (Å²) in [5, 5.41) is 0. The lowest BCUT2D eigenvalue weighted by molar-refractivity contribution is -0.174. The number of carbonyl (C=O) groups excluding carboxylic acids is 1. The van der Waals surface area contributed by atoms with Gasteiger partial charge in [0.1, 0.15) is 5.60 Å². The van der Waals surface area contributed by atoms with Crippen LogP contribution < -0.4 is 0 Å². The Balaban J connectivity index is 1.47. The molecule has 0 N–H and O–H groups in total. The maximum Gasteiger partial charge on any atom is 0.309 e. The summed E-state index contributed by atoms with van der Waals surface area (Å²) < 4.78 is 6.26. The summed E-state index contributed by atoms with van der Waals surface area (Å²) in [5.41, 5.74) is -0.0866. The number of hydrogen-bond donors (Lipinski definition) is 0. The van der Waals surface area contributed by atoms with Crippen LogP contribution in [0.2, 0.25) is 0 Å². The van der Waals surface area contributed by atoms with Gasteiger partial charge >= 0.3 is 5.97 Å². The SMILES string of the molecule is CC[C@@]1(OC(=O)C2CC3CC2C(C)C3C)C[C@H]2CC[C@@H]1C2. The van der Waals surface area contributed by atoms with E-state index in [0.717, 1.165) is 37.0 Å². The predicted molar refractivity (Wildman–Crippen MR) is 82.6 cm³/mol. The van der Waals surface area contributed by atoms with Gasteiger partial charge in [0.15, 0.2) is 0 Å². The van der Waals surface area contributed by atoms with E-state index in [-0.39, 0.29) is 17.5 Å². The first kappa shape index (κ1) is 14.1. The highest BCUT2D eigenvalue weighted by Gasteiger charge is 2.56. The fourth-order valence-electron chi connectivity index (χ4n) is 6.51. The van der Waals surface area contributed by atoms with Gasteiger partial charge in [0.2, 0.25) is 0 Å². The summed E-state index contributed by atoms with van der Waals surface area (Å²) in [5.74, 6) is 4.76. The molecule has 0 aromatic heterocycles. The van der Waals surface area contributed by atoms with Crippen LogP contribution in [-0.4, -0.2) is 11.6 Å². The average molecular weight is 290 g/mol. The topological polar surface area (TPSA) is 26.3 Å². The zero-order chi connectivity index (χ0) is 14.8. The molecule has 2 heteroatoms. The zero-order valence-corrected chi connectivity index (χ0v) is 13.8. The molecule has 4 rings (SSSR count). The van der Waals surface area contributed by atoms with E-state index in [1.807, 2.05) is 0 Å². The van der Waals surface area contributed by atoms with Crippen molar-refractivity contribution in [2.45, 2.75) is 71.3 Å². The second-order valence-electron chi connectivity index (χ2n) is 8.64. The molecular weight excluding hydrogens is 260 g/mol. The molecule has 0 saturated heterocycles. The van der Waals surface area contributed by atoms with Crippen LogP contribution in [0.4, 0.5) is 0 Å². The van der Waals surface area contributed by atoms with Crippen molar-refractivity contribution in [1.82, 2.24) is 0 Å². The van der Waals surface area contributed by atoms with Crippen molar-refractivity contribution >= 4 is 5.97 Å². The van der Waals surface area contributed by atoms with Crippen molar-refractivity contribution in [3.8, 4) is 0 Å². The van der Waals surface area contributed by atoms with Crippen LogP contribution in [0, 0.1) is 41.4 Å². The molecule has 8 atom stereocenters. The Morgan fingerprint density at radius 1 is 1.14 bits per heavy atom. The van der Waals surface area contributed by atoms with E-state index in [4.69, 9.17) is 4.74 Å². The summed E-state index contributed by atoms with van der Waals surface area (Å²) in [6.45, 7) is 6.95. The van der Waals surface area contributed by atoms with Gasteiger partial charge in [0.05, 0.1) is 5.92 Å². The van der Waals surface area contributed by atoms with Gasteiger partial charge in [-0.15, -0.1) is 0 Å². The highest BCUT2D eigenvalue weighted by atomic mass is 16.6. The van der Waals surface area contributed by atoms with E-state index in [2.05, 4.69) is 20.8 Å². The third-order valence-corrected chi connectivity index (χ3v) is 8.02. The molecule has 4 bridgehead atoms. The maximum absolute atomic E-state index is 12.9. The number of hydrogen-bond acceptors (Lipinski definition) is 2. The smallest absolute Gasteiger partial charge is 0.309 e. The lowest BCUT2D eigenvalue weighted by Crippen LogP contribution is -2.43. The fraction of sp³-hybridized carbons (Fsp3) is 0.947. The molecule has 4 saturated carbocycles. The Morgan fingerprint density at radius 2 is 1.95 bits per heavy atom. The predicted octanol–water partition coefficient (Wildman–Crippen LogP) is 4.43. The largest absolute Gasteiger partial charge is 0.459 e. The van der Waals surface area contributed by atoms with Crippen LogP contribution in [0.1, 0.15) is 65.7 Å². The van der Waals surface area contributed by atoms with Crippen molar-refractivity contribution in [3.63, 3.8) is 0 Å². The van der Waals surface area contributed by atoms with Gasteiger partial charge < -0.3 is 4.74 Å². The lowest BCUT2D eigenvalue weighted by Gasteiger charge is -2.39. The van der Waals surface area contributed by atoms with E-state index in [9.17, 15) is 4.79 Å². The van der Waals surface area contributed by atoms with Gasteiger partial charge in [-0.25, -0.2) is 0 Å². The fourth-order valence-corrected chi connectivity index (χ4v) is 6.51. The third-order valence-electron chi connectivity index (χ3n) is 8.02. The van der Waals surface area contributed by atoms with E-state index < -0.39 is 0 Å². The molecular formula is C19H30O2. The summed E-state index contributed by atoms with van der Waals surface area (Å²) in [7, 11) is 0. The van der Waals surface area contributed by atoms with Gasteiger partial charge in [-0.2, -0.15) is 0 Å². The van der Waals surface area contributed by atoms with Gasteiger partial charge in [-0.1, -0.05) is 20.8 Å². The molecule has 0 radical (unpaired) electrons. The number of esters is 1. The van der Waals surface area contributed by atoms with Gasteiger partial charge in [0.25, 0.3) is 0 Å². The molecule has 0 aromatic carbocycles. The maximum atomic E-state index is 12.9. The molecule has 0 heterocycles. The Labute approximate surface area is 129 Å². The Hall–Kier alpha value is -0.530. The molecule has 0 spiro atoms. The van der Waals surface area contributed by atoms with E-state index in [0.29, 0.717) is 17.8 Å². The molecule has 21 heavy (non-hydrogen) atoms. The van der Waals surface area contributed by atoms with Crippen LogP contribution in [-0.2, 0) is 9.53 Å². The minimum absolute atomic E-state index is 0.0866. The quantitative estimate of drug-likeness (QED) is 0.719. The van der Waals surface area contributed by atoms with Crippen molar-refractivity contribution in [3.05, 3.63) is 0 Å². The molecule has 118 valence electrons. The van der Waals surface area contributed by atoms with Gasteiger partial charge in [-0.05, 0) is 80.5 Å². The van der Waals surface area contributed by atoms with Gasteiger partial charge in [0, 0.05) is 0 Å².